The van der Waals surface area contributed by atoms with Gasteiger partial charge in [-0.15, -0.1) is 0 Å². The number of rotatable bonds is 9. The molecule has 0 aromatic carbocycles. The van der Waals surface area contributed by atoms with Crippen molar-refractivity contribution in [2.45, 2.75) is 46.1 Å². The standard InChI is InChI=1S/C20H24F4N4O2/c1-5-25-16-8-14(7-12(3)27-16)17(29)28-13(4)15-6-11(2)18(26-9-15)30-10-20(23,24)19(21)22/h6-9,13,19H,5,10H2,1-4H3,(H,25,27)(H,28,29). The number of alkyl halides is 4. The number of amides is 1. The summed E-state index contributed by atoms with van der Waals surface area (Å²) in [6, 6.07) is 4.45. The highest BCUT2D eigenvalue weighted by Crippen LogP contribution is 2.26. The lowest BCUT2D eigenvalue weighted by molar-refractivity contribution is -0.148. The molecule has 6 nitrogen and oxygen atoms in total. The van der Waals surface area contributed by atoms with Gasteiger partial charge in [0.2, 0.25) is 5.88 Å². The molecule has 2 aromatic rings. The molecular weight excluding hydrogens is 404 g/mol. The van der Waals surface area contributed by atoms with E-state index in [2.05, 4.69) is 20.6 Å². The van der Waals surface area contributed by atoms with Crippen LogP contribution < -0.4 is 15.4 Å². The van der Waals surface area contributed by atoms with Crippen LogP contribution in [0.4, 0.5) is 23.4 Å². The summed E-state index contributed by atoms with van der Waals surface area (Å²) in [5, 5.41) is 5.89. The molecule has 1 atom stereocenters. The van der Waals surface area contributed by atoms with E-state index < -0.39 is 25.0 Å². The first kappa shape index (κ1) is 23.4. The lowest BCUT2D eigenvalue weighted by atomic mass is 10.1. The quantitative estimate of drug-likeness (QED) is 0.583. The summed E-state index contributed by atoms with van der Waals surface area (Å²) in [6.07, 6.45) is -2.48. The first-order chi connectivity index (χ1) is 14.0. The summed E-state index contributed by atoms with van der Waals surface area (Å²) in [4.78, 5) is 20.8. The van der Waals surface area contributed by atoms with Gasteiger partial charge in [-0.2, -0.15) is 8.78 Å². The summed E-state index contributed by atoms with van der Waals surface area (Å²) < 4.78 is 55.3. The predicted octanol–water partition coefficient (Wildman–Crippen LogP) is 4.30. The average molecular weight is 428 g/mol. The molecular formula is C20H24F4N4O2. The minimum Gasteiger partial charge on any atom is -0.471 e. The number of halogens is 4. The third-order valence-corrected chi connectivity index (χ3v) is 4.19. The van der Waals surface area contributed by atoms with Gasteiger partial charge in [-0.3, -0.25) is 4.79 Å². The summed E-state index contributed by atoms with van der Waals surface area (Å²) in [5.41, 5.74) is 2.11. The molecule has 1 unspecified atom stereocenters. The predicted molar refractivity (Wildman–Crippen MR) is 104 cm³/mol. The van der Waals surface area contributed by atoms with E-state index in [9.17, 15) is 22.4 Å². The number of hydrogen-bond donors (Lipinski definition) is 2. The number of aryl methyl sites for hydroxylation is 2. The fraction of sp³-hybridized carbons (Fsp3) is 0.450. The Morgan fingerprint density at radius 3 is 2.53 bits per heavy atom. The molecule has 0 aliphatic rings. The third-order valence-electron chi connectivity index (χ3n) is 4.19. The number of nitrogens with one attached hydrogen (secondary N) is 2. The number of ether oxygens (including phenoxy) is 1. The molecule has 2 aromatic heterocycles. The summed E-state index contributed by atoms with van der Waals surface area (Å²) in [7, 11) is 0. The van der Waals surface area contributed by atoms with Crippen molar-refractivity contribution in [3.63, 3.8) is 0 Å². The van der Waals surface area contributed by atoms with Crippen LogP contribution in [0.15, 0.2) is 24.4 Å². The van der Waals surface area contributed by atoms with Crippen molar-refractivity contribution < 1.29 is 27.1 Å². The SMILES string of the molecule is CCNc1cc(C(=O)NC(C)c2cnc(OCC(F)(F)C(F)F)c(C)c2)cc(C)n1. The number of anilines is 1. The third kappa shape index (κ3) is 6.04. The smallest absolute Gasteiger partial charge is 0.340 e. The van der Waals surface area contributed by atoms with Crippen molar-refractivity contribution >= 4 is 11.7 Å². The van der Waals surface area contributed by atoms with Gasteiger partial charge in [0.05, 0.1) is 6.04 Å². The monoisotopic (exact) mass is 428 g/mol. The second-order valence-electron chi connectivity index (χ2n) is 6.85. The van der Waals surface area contributed by atoms with Gasteiger partial charge >= 0.3 is 12.3 Å². The maximum atomic E-state index is 13.0. The van der Waals surface area contributed by atoms with Crippen LogP contribution in [0.1, 0.15) is 47.1 Å². The normalized spacial score (nSPS) is 12.6. The Bertz CT molecular complexity index is 893. The molecule has 0 aliphatic heterocycles. The van der Waals surface area contributed by atoms with E-state index in [1.807, 2.05) is 6.92 Å². The molecule has 0 saturated heterocycles. The number of aromatic nitrogens is 2. The second-order valence-corrected chi connectivity index (χ2v) is 6.85. The van der Waals surface area contributed by atoms with Crippen molar-refractivity contribution in [2.24, 2.45) is 0 Å². The van der Waals surface area contributed by atoms with Crippen LogP contribution in [0.5, 0.6) is 5.88 Å². The van der Waals surface area contributed by atoms with Crippen molar-refractivity contribution in [3.8, 4) is 5.88 Å². The number of hydrogen-bond acceptors (Lipinski definition) is 5. The summed E-state index contributed by atoms with van der Waals surface area (Å²) >= 11 is 0. The molecule has 10 heteroatoms. The molecule has 2 N–H and O–H groups in total. The van der Waals surface area contributed by atoms with E-state index in [1.165, 1.54) is 6.20 Å². The van der Waals surface area contributed by atoms with Gasteiger partial charge in [0.15, 0.2) is 6.61 Å². The molecule has 2 heterocycles. The fourth-order valence-electron chi connectivity index (χ4n) is 2.63. The van der Waals surface area contributed by atoms with Gasteiger partial charge in [0, 0.05) is 29.6 Å². The fourth-order valence-corrected chi connectivity index (χ4v) is 2.63. The van der Waals surface area contributed by atoms with Crippen LogP contribution in [-0.4, -0.2) is 41.4 Å². The van der Waals surface area contributed by atoms with Gasteiger partial charge in [-0.1, -0.05) is 0 Å². The topological polar surface area (TPSA) is 76.1 Å². The van der Waals surface area contributed by atoms with Crippen LogP contribution in [0.2, 0.25) is 0 Å². The zero-order chi connectivity index (χ0) is 22.5. The zero-order valence-corrected chi connectivity index (χ0v) is 17.1. The number of carbonyl (C=O) groups is 1. The maximum Gasteiger partial charge on any atom is 0.340 e. The minimum atomic E-state index is -4.26. The largest absolute Gasteiger partial charge is 0.471 e. The molecule has 30 heavy (non-hydrogen) atoms. The molecule has 0 aliphatic carbocycles. The van der Waals surface area contributed by atoms with Crippen LogP contribution in [0.3, 0.4) is 0 Å². The van der Waals surface area contributed by atoms with E-state index in [0.717, 1.165) is 0 Å². The first-order valence-electron chi connectivity index (χ1n) is 9.32. The van der Waals surface area contributed by atoms with Gasteiger partial charge in [-0.05, 0) is 51.5 Å². The van der Waals surface area contributed by atoms with Gasteiger partial charge in [0.1, 0.15) is 5.82 Å². The number of carbonyl (C=O) groups excluding carboxylic acids is 1. The average Bonchev–Trinajstić information content (AvgIpc) is 2.66. The molecule has 0 bridgehead atoms. The molecule has 0 spiro atoms. The molecule has 0 radical (unpaired) electrons. The van der Waals surface area contributed by atoms with E-state index in [0.29, 0.717) is 34.7 Å². The van der Waals surface area contributed by atoms with Crippen LogP contribution in [0, 0.1) is 13.8 Å². The Hall–Kier alpha value is -2.91. The molecule has 0 saturated carbocycles. The Labute approximate surface area is 172 Å². The van der Waals surface area contributed by atoms with Gasteiger partial charge < -0.3 is 15.4 Å². The molecule has 0 fully saturated rings. The van der Waals surface area contributed by atoms with E-state index in [-0.39, 0.29) is 11.8 Å². The summed E-state index contributed by atoms with van der Waals surface area (Å²) in [6.45, 7) is 6.18. The lowest BCUT2D eigenvalue weighted by Crippen LogP contribution is -2.34. The van der Waals surface area contributed by atoms with Crippen LogP contribution in [-0.2, 0) is 0 Å². The minimum absolute atomic E-state index is 0.169. The van der Waals surface area contributed by atoms with Crippen molar-refractivity contribution in [2.75, 3.05) is 18.5 Å². The number of nitrogens with zero attached hydrogens (tertiary/aromatic N) is 2. The van der Waals surface area contributed by atoms with E-state index in [1.54, 1.807) is 39.0 Å². The number of pyridine rings is 2. The van der Waals surface area contributed by atoms with Gasteiger partial charge in [0.25, 0.3) is 5.91 Å². The van der Waals surface area contributed by atoms with Crippen molar-refractivity contribution in [3.05, 3.63) is 46.8 Å². The van der Waals surface area contributed by atoms with Crippen LogP contribution in [0.25, 0.3) is 0 Å². The summed E-state index contributed by atoms with van der Waals surface area (Å²) in [5.74, 6) is -4.16. The molecule has 2 rings (SSSR count). The lowest BCUT2D eigenvalue weighted by Gasteiger charge is -2.18. The molecule has 164 valence electrons. The first-order valence-corrected chi connectivity index (χ1v) is 9.32. The van der Waals surface area contributed by atoms with Crippen molar-refractivity contribution in [1.82, 2.24) is 15.3 Å². The highest BCUT2D eigenvalue weighted by atomic mass is 19.3. The molecule has 1 amide bonds. The Morgan fingerprint density at radius 2 is 1.93 bits per heavy atom. The highest BCUT2D eigenvalue weighted by molar-refractivity contribution is 5.95. The Balaban J connectivity index is 2.08. The van der Waals surface area contributed by atoms with Crippen molar-refractivity contribution in [1.29, 1.82) is 0 Å². The van der Waals surface area contributed by atoms with Gasteiger partial charge in [-0.25, -0.2) is 18.7 Å². The highest BCUT2D eigenvalue weighted by Gasteiger charge is 2.42. The maximum absolute atomic E-state index is 13.0. The Kier molecular flexibility index (Phi) is 7.58. The second kappa shape index (κ2) is 9.73. The zero-order valence-electron chi connectivity index (χ0n) is 17.1. The van der Waals surface area contributed by atoms with E-state index in [4.69, 9.17) is 4.74 Å². The Morgan fingerprint density at radius 1 is 1.23 bits per heavy atom. The van der Waals surface area contributed by atoms with E-state index >= 15 is 0 Å². The van der Waals surface area contributed by atoms with Crippen LogP contribution >= 0.6 is 0 Å².